The predicted molar refractivity (Wildman–Crippen MR) is 56.9 cm³/mol. The average Bonchev–Trinajstić information content (AvgIpc) is 2.73. The van der Waals surface area contributed by atoms with E-state index in [0.29, 0.717) is 13.2 Å². The minimum Gasteiger partial charge on any atom is -0.396 e. The summed E-state index contributed by atoms with van der Waals surface area (Å²) >= 11 is 0. The molecule has 0 aliphatic carbocycles. The third-order valence-electron chi connectivity index (χ3n) is 2.93. The molecule has 0 radical (unpaired) electrons. The molecule has 1 rings (SSSR count). The highest BCUT2D eigenvalue weighted by Gasteiger charge is 2.33. The Hall–Kier alpha value is -0.160. The summed E-state index contributed by atoms with van der Waals surface area (Å²) in [6.07, 6.45) is 2.76. The second-order valence-electron chi connectivity index (χ2n) is 4.17. The smallest absolute Gasteiger partial charge is 0.0546 e. The van der Waals surface area contributed by atoms with E-state index in [1.807, 2.05) is 0 Å². The molecule has 0 aromatic rings. The Kier molecular flexibility index (Phi) is 6.17. The normalized spacial score (nSPS) is 26.0. The topological polar surface area (TPSA) is 47.9 Å². The standard InChI is InChI=1S/C11H22O4/c1-13-5-2-6-14-7-3-11(9-12)4-8-15-10-11/h12H,2-10H2,1H3. The van der Waals surface area contributed by atoms with E-state index < -0.39 is 0 Å². The lowest BCUT2D eigenvalue weighted by Crippen LogP contribution is -2.27. The van der Waals surface area contributed by atoms with Crippen molar-refractivity contribution in [2.75, 3.05) is 46.8 Å². The molecule has 0 spiro atoms. The van der Waals surface area contributed by atoms with Gasteiger partial charge in [-0.25, -0.2) is 0 Å². The summed E-state index contributed by atoms with van der Waals surface area (Å²) in [5, 5.41) is 9.30. The van der Waals surface area contributed by atoms with Gasteiger partial charge in [-0.3, -0.25) is 0 Å². The molecule has 0 bridgehead atoms. The molecule has 0 amide bonds. The highest BCUT2D eigenvalue weighted by atomic mass is 16.5. The molecule has 1 N–H and O–H groups in total. The van der Waals surface area contributed by atoms with E-state index in [2.05, 4.69) is 0 Å². The molecule has 0 aromatic heterocycles. The van der Waals surface area contributed by atoms with E-state index in [4.69, 9.17) is 14.2 Å². The maximum Gasteiger partial charge on any atom is 0.0546 e. The summed E-state index contributed by atoms with van der Waals surface area (Å²) in [4.78, 5) is 0. The second kappa shape index (κ2) is 7.17. The van der Waals surface area contributed by atoms with Crippen LogP contribution in [0.15, 0.2) is 0 Å². The van der Waals surface area contributed by atoms with E-state index in [0.717, 1.165) is 39.1 Å². The molecule has 1 fully saturated rings. The van der Waals surface area contributed by atoms with Gasteiger partial charge in [-0.05, 0) is 19.3 Å². The lowest BCUT2D eigenvalue weighted by Gasteiger charge is -2.24. The van der Waals surface area contributed by atoms with Gasteiger partial charge in [-0.1, -0.05) is 0 Å². The van der Waals surface area contributed by atoms with Crippen molar-refractivity contribution < 1.29 is 19.3 Å². The summed E-state index contributed by atoms with van der Waals surface area (Å²) in [6, 6.07) is 0. The summed E-state index contributed by atoms with van der Waals surface area (Å²) in [5.41, 5.74) is -0.0404. The Bertz CT molecular complexity index is 155. The molecular weight excluding hydrogens is 196 g/mol. The first-order valence-corrected chi connectivity index (χ1v) is 5.58. The van der Waals surface area contributed by atoms with Gasteiger partial charge in [-0.15, -0.1) is 0 Å². The summed E-state index contributed by atoms with van der Waals surface area (Å²) < 4.78 is 15.7. The van der Waals surface area contributed by atoms with Crippen molar-refractivity contribution in [3.63, 3.8) is 0 Å². The van der Waals surface area contributed by atoms with Crippen LogP contribution in [0.1, 0.15) is 19.3 Å². The van der Waals surface area contributed by atoms with Crippen molar-refractivity contribution >= 4 is 0 Å². The van der Waals surface area contributed by atoms with Gasteiger partial charge < -0.3 is 19.3 Å². The maximum atomic E-state index is 9.30. The van der Waals surface area contributed by atoms with Crippen molar-refractivity contribution in [2.45, 2.75) is 19.3 Å². The zero-order valence-corrected chi connectivity index (χ0v) is 9.54. The number of hydrogen-bond acceptors (Lipinski definition) is 4. The summed E-state index contributed by atoms with van der Waals surface area (Å²) in [7, 11) is 1.69. The number of ether oxygens (including phenoxy) is 3. The number of hydrogen-bond donors (Lipinski definition) is 1. The first-order chi connectivity index (χ1) is 7.33. The molecule has 4 nitrogen and oxygen atoms in total. The molecule has 4 heteroatoms. The van der Waals surface area contributed by atoms with Crippen LogP contribution in [0.5, 0.6) is 0 Å². The Balaban J connectivity index is 2.02. The Morgan fingerprint density at radius 2 is 2.20 bits per heavy atom. The predicted octanol–water partition coefficient (Wildman–Crippen LogP) is 0.829. The van der Waals surface area contributed by atoms with E-state index in [-0.39, 0.29) is 12.0 Å². The second-order valence-corrected chi connectivity index (χ2v) is 4.17. The van der Waals surface area contributed by atoms with Crippen LogP contribution >= 0.6 is 0 Å². The van der Waals surface area contributed by atoms with E-state index in [1.54, 1.807) is 7.11 Å². The Morgan fingerprint density at radius 3 is 2.80 bits per heavy atom. The highest BCUT2D eigenvalue weighted by Crippen LogP contribution is 2.31. The Labute approximate surface area is 91.5 Å². The fraction of sp³-hybridized carbons (Fsp3) is 1.00. The van der Waals surface area contributed by atoms with Crippen molar-refractivity contribution in [1.29, 1.82) is 0 Å². The van der Waals surface area contributed by atoms with Gasteiger partial charge in [0.15, 0.2) is 0 Å². The van der Waals surface area contributed by atoms with Crippen LogP contribution in [0.25, 0.3) is 0 Å². The molecule has 1 heterocycles. The molecule has 90 valence electrons. The van der Waals surface area contributed by atoms with Crippen molar-refractivity contribution in [2.24, 2.45) is 5.41 Å². The first-order valence-electron chi connectivity index (χ1n) is 5.58. The van der Waals surface area contributed by atoms with Gasteiger partial charge in [0, 0.05) is 39.0 Å². The number of aliphatic hydroxyl groups excluding tert-OH is 1. The highest BCUT2D eigenvalue weighted by molar-refractivity contribution is 4.82. The van der Waals surface area contributed by atoms with Crippen LogP contribution in [-0.2, 0) is 14.2 Å². The largest absolute Gasteiger partial charge is 0.396 e. The van der Waals surface area contributed by atoms with Crippen LogP contribution in [0.4, 0.5) is 0 Å². The molecule has 1 unspecified atom stereocenters. The van der Waals surface area contributed by atoms with Gasteiger partial charge in [0.1, 0.15) is 0 Å². The van der Waals surface area contributed by atoms with Crippen LogP contribution < -0.4 is 0 Å². The molecule has 1 aliphatic heterocycles. The van der Waals surface area contributed by atoms with Gasteiger partial charge in [0.05, 0.1) is 13.2 Å². The third kappa shape index (κ3) is 4.47. The van der Waals surface area contributed by atoms with E-state index >= 15 is 0 Å². The average molecular weight is 218 g/mol. The molecular formula is C11H22O4. The summed E-state index contributed by atoms with van der Waals surface area (Å²) in [6.45, 7) is 3.82. The SMILES string of the molecule is COCCCOCCC1(CO)CCOC1. The van der Waals surface area contributed by atoms with Gasteiger partial charge in [0.2, 0.25) is 0 Å². The number of methoxy groups -OCH3 is 1. The van der Waals surface area contributed by atoms with E-state index in [1.165, 1.54) is 0 Å². The van der Waals surface area contributed by atoms with Gasteiger partial charge in [0.25, 0.3) is 0 Å². The maximum absolute atomic E-state index is 9.30. The van der Waals surface area contributed by atoms with Crippen LogP contribution in [-0.4, -0.2) is 51.9 Å². The lowest BCUT2D eigenvalue weighted by molar-refractivity contribution is 0.0401. The Morgan fingerprint density at radius 1 is 1.33 bits per heavy atom. The van der Waals surface area contributed by atoms with E-state index in [9.17, 15) is 5.11 Å². The quantitative estimate of drug-likeness (QED) is 0.613. The van der Waals surface area contributed by atoms with Gasteiger partial charge >= 0.3 is 0 Å². The minimum absolute atomic E-state index is 0.0404. The fourth-order valence-electron chi connectivity index (χ4n) is 1.75. The molecule has 1 aliphatic rings. The van der Waals surface area contributed by atoms with Crippen LogP contribution in [0.3, 0.4) is 0 Å². The van der Waals surface area contributed by atoms with Crippen molar-refractivity contribution in [3.8, 4) is 0 Å². The van der Waals surface area contributed by atoms with Crippen LogP contribution in [0.2, 0.25) is 0 Å². The minimum atomic E-state index is -0.0404. The van der Waals surface area contributed by atoms with Crippen molar-refractivity contribution in [1.82, 2.24) is 0 Å². The first kappa shape index (κ1) is 12.9. The van der Waals surface area contributed by atoms with Crippen LogP contribution in [0, 0.1) is 5.41 Å². The molecule has 15 heavy (non-hydrogen) atoms. The lowest BCUT2D eigenvalue weighted by atomic mass is 9.85. The zero-order valence-electron chi connectivity index (χ0n) is 9.54. The number of rotatable bonds is 8. The van der Waals surface area contributed by atoms with Gasteiger partial charge in [-0.2, -0.15) is 0 Å². The monoisotopic (exact) mass is 218 g/mol. The molecule has 1 atom stereocenters. The summed E-state index contributed by atoms with van der Waals surface area (Å²) in [5.74, 6) is 0. The number of aliphatic hydroxyl groups is 1. The molecule has 1 saturated heterocycles. The zero-order chi connectivity index (χ0) is 11.0. The molecule has 0 aromatic carbocycles. The fourth-order valence-corrected chi connectivity index (χ4v) is 1.75. The third-order valence-corrected chi connectivity index (χ3v) is 2.93. The molecule has 0 saturated carbocycles. The van der Waals surface area contributed by atoms with Crippen molar-refractivity contribution in [3.05, 3.63) is 0 Å².